The lowest BCUT2D eigenvalue weighted by atomic mass is 10.1. The van der Waals surface area contributed by atoms with E-state index in [1.165, 1.54) is 30.6 Å². The molecule has 108 valence electrons. The van der Waals surface area contributed by atoms with Gasteiger partial charge in [0, 0.05) is 24.9 Å². The minimum atomic E-state index is -0.486. The van der Waals surface area contributed by atoms with Gasteiger partial charge in [0.15, 0.2) is 0 Å². The Balaban J connectivity index is 2.17. The van der Waals surface area contributed by atoms with Crippen LogP contribution in [-0.2, 0) is 0 Å². The van der Waals surface area contributed by atoms with Crippen molar-refractivity contribution in [2.45, 2.75) is 6.92 Å². The Labute approximate surface area is 120 Å². The van der Waals surface area contributed by atoms with Crippen LogP contribution in [0.15, 0.2) is 30.6 Å². The second-order valence-corrected chi connectivity index (χ2v) is 4.25. The van der Waals surface area contributed by atoms with E-state index in [0.717, 1.165) is 0 Å². The maximum atomic E-state index is 12.0. The molecule has 1 amide bonds. The number of nitrogens with one attached hydrogen (secondary N) is 2. The van der Waals surface area contributed by atoms with Crippen molar-refractivity contribution in [1.29, 1.82) is 0 Å². The highest BCUT2D eigenvalue weighted by atomic mass is 16.6. The Bertz CT molecular complexity index is 685. The number of amides is 1. The number of nitro groups is 1. The van der Waals surface area contributed by atoms with Crippen LogP contribution in [-0.4, -0.2) is 27.8 Å². The van der Waals surface area contributed by atoms with Gasteiger partial charge in [-0.05, 0) is 18.6 Å². The van der Waals surface area contributed by atoms with E-state index in [9.17, 15) is 14.9 Å². The molecule has 2 rings (SSSR count). The van der Waals surface area contributed by atoms with E-state index in [1.54, 1.807) is 14.0 Å². The van der Waals surface area contributed by atoms with E-state index >= 15 is 0 Å². The van der Waals surface area contributed by atoms with Crippen molar-refractivity contribution >= 4 is 23.1 Å². The summed E-state index contributed by atoms with van der Waals surface area (Å²) in [5, 5.41) is 16.1. The molecule has 0 aliphatic rings. The molecule has 1 heterocycles. The maximum Gasteiger partial charge on any atom is 0.275 e. The summed E-state index contributed by atoms with van der Waals surface area (Å²) in [5.74, 6) is 0.125. The van der Waals surface area contributed by atoms with E-state index in [1.807, 2.05) is 0 Å². The Morgan fingerprint density at radius 1 is 1.29 bits per heavy atom. The summed E-state index contributed by atoms with van der Waals surface area (Å²) >= 11 is 0. The third-order valence-corrected chi connectivity index (χ3v) is 2.81. The fraction of sp³-hybridized carbons (Fsp3) is 0.154. The van der Waals surface area contributed by atoms with E-state index in [4.69, 9.17) is 0 Å². The molecular formula is C13H13N5O3. The molecule has 1 aromatic carbocycles. The lowest BCUT2D eigenvalue weighted by Gasteiger charge is -2.08. The summed E-state index contributed by atoms with van der Waals surface area (Å²) in [4.78, 5) is 30.2. The fourth-order valence-electron chi connectivity index (χ4n) is 1.66. The lowest BCUT2D eigenvalue weighted by Crippen LogP contribution is -2.15. The van der Waals surface area contributed by atoms with E-state index in [0.29, 0.717) is 17.1 Å². The van der Waals surface area contributed by atoms with Crippen LogP contribution in [0.3, 0.4) is 0 Å². The largest absolute Gasteiger partial charge is 0.372 e. The molecule has 0 aliphatic carbocycles. The molecule has 21 heavy (non-hydrogen) atoms. The first-order valence-electron chi connectivity index (χ1n) is 6.07. The first-order valence-corrected chi connectivity index (χ1v) is 6.07. The van der Waals surface area contributed by atoms with E-state index in [-0.39, 0.29) is 11.4 Å². The van der Waals surface area contributed by atoms with Gasteiger partial charge in [-0.15, -0.1) is 0 Å². The number of hydrogen-bond donors (Lipinski definition) is 2. The molecule has 8 nitrogen and oxygen atoms in total. The minimum absolute atomic E-state index is 0.0244. The monoisotopic (exact) mass is 287 g/mol. The van der Waals surface area contributed by atoms with Crippen molar-refractivity contribution in [3.05, 3.63) is 52.0 Å². The van der Waals surface area contributed by atoms with Crippen LogP contribution >= 0.6 is 0 Å². The van der Waals surface area contributed by atoms with Crippen molar-refractivity contribution in [3.8, 4) is 0 Å². The zero-order valence-electron chi connectivity index (χ0n) is 11.5. The normalized spacial score (nSPS) is 10.0. The number of aromatic nitrogens is 2. The highest BCUT2D eigenvalue weighted by molar-refractivity contribution is 6.03. The molecule has 0 spiro atoms. The number of non-ortho nitro benzene ring substituents is 1. The molecule has 0 unspecified atom stereocenters. The van der Waals surface area contributed by atoms with Gasteiger partial charge in [-0.1, -0.05) is 0 Å². The topological polar surface area (TPSA) is 110 Å². The van der Waals surface area contributed by atoms with Gasteiger partial charge in [0.2, 0.25) is 0 Å². The van der Waals surface area contributed by atoms with Gasteiger partial charge in [-0.3, -0.25) is 14.9 Å². The highest BCUT2D eigenvalue weighted by Crippen LogP contribution is 2.21. The number of rotatable bonds is 4. The van der Waals surface area contributed by atoms with Gasteiger partial charge >= 0.3 is 0 Å². The van der Waals surface area contributed by atoms with Gasteiger partial charge in [0.1, 0.15) is 11.5 Å². The number of aryl methyl sites for hydroxylation is 1. The number of carbonyl (C=O) groups excluding carboxylic acids is 1. The summed E-state index contributed by atoms with van der Waals surface area (Å²) in [6, 6.07) is 4.21. The molecule has 2 N–H and O–H groups in total. The van der Waals surface area contributed by atoms with E-state index < -0.39 is 10.8 Å². The van der Waals surface area contributed by atoms with Gasteiger partial charge < -0.3 is 10.6 Å². The van der Waals surface area contributed by atoms with Crippen LogP contribution in [0.5, 0.6) is 0 Å². The molecule has 0 bridgehead atoms. The predicted molar refractivity (Wildman–Crippen MR) is 77.4 cm³/mol. The molecule has 0 saturated heterocycles. The second kappa shape index (κ2) is 5.95. The van der Waals surface area contributed by atoms with Crippen LogP contribution in [0.4, 0.5) is 17.2 Å². The fourth-order valence-corrected chi connectivity index (χ4v) is 1.66. The minimum Gasteiger partial charge on any atom is -0.372 e. The van der Waals surface area contributed by atoms with Crippen LogP contribution < -0.4 is 10.6 Å². The zero-order chi connectivity index (χ0) is 15.4. The van der Waals surface area contributed by atoms with Crippen molar-refractivity contribution in [3.63, 3.8) is 0 Å². The average molecular weight is 287 g/mol. The summed E-state index contributed by atoms with van der Waals surface area (Å²) in [6.45, 7) is 1.68. The number of carbonyl (C=O) groups is 1. The Morgan fingerprint density at radius 3 is 2.57 bits per heavy atom. The van der Waals surface area contributed by atoms with Crippen molar-refractivity contribution < 1.29 is 9.72 Å². The third kappa shape index (κ3) is 3.30. The third-order valence-electron chi connectivity index (χ3n) is 2.81. The molecule has 8 heteroatoms. The van der Waals surface area contributed by atoms with Crippen LogP contribution in [0.1, 0.15) is 16.1 Å². The molecule has 0 fully saturated rings. The standard InChI is InChI=1S/C13H13N5O3/c1-8-5-9(18(20)21)3-4-10(8)17-13(19)11-6-16-12(14-2)7-15-11/h3-7H,1-2H3,(H,14,16)(H,17,19). The molecule has 0 aliphatic heterocycles. The molecule has 0 saturated carbocycles. The average Bonchev–Trinajstić information content (AvgIpc) is 2.49. The summed E-state index contributed by atoms with van der Waals surface area (Å²) < 4.78 is 0. The molecule has 0 radical (unpaired) electrons. The molecular weight excluding hydrogens is 274 g/mol. The Hall–Kier alpha value is -3.03. The second-order valence-electron chi connectivity index (χ2n) is 4.25. The summed E-state index contributed by atoms with van der Waals surface area (Å²) in [7, 11) is 1.70. The molecule has 2 aromatic rings. The van der Waals surface area contributed by atoms with Crippen molar-refractivity contribution in [2.24, 2.45) is 0 Å². The number of nitro benzene ring substituents is 1. The number of anilines is 2. The molecule has 1 aromatic heterocycles. The summed E-state index contributed by atoms with van der Waals surface area (Å²) in [6.07, 6.45) is 2.79. The first kappa shape index (κ1) is 14.4. The SMILES string of the molecule is CNc1cnc(C(=O)Nc2ccc([N+](=O)[O-])cc2C)cn1. The maximum absolute atomic E-state index is 12.0. The lowest BCUT2D eigenvalue weighted by molar-refractivity contribution is -0.384. The van der Waals surface area contributed by atoms with Crippen LogP contribution in [0.2, 0.25) is 0 Å². The predicted octanol–water partition coefficient (Wildman–Crippen LogP) is 1.99. The van der Waals surface area contributed by atoms with E-state index in [2.05, 4.69) is 20.6 Å². The van der Waals surface area contributed by atoms with Crippen LogP contribution in [0, 0.1) is 17.0 Å². The number of benzene rings is 1. The highest BCUT2D eigenvalue weighted by Gasteiger charge is 2.12. The van der Waals surface area contributed by atoms with Crippen LogP contribution in [0.25, 0.3) is 0 Å². The number of nitrogens with zero attached hydrogens (tertiary/aromatic N) is 3. The van der Waals surface area contributed by atoms with Crippen molar-refractivity contribution in [2.75, 3.05) is 17.7 Å². The zero-order valence-corrected chi connectivity index (χ0v) is 11.5. The smallest absolute Gasteiger partial charge is 0.275 e. The molecule has 0 atom stereocenters. The van der Waals surface area contributed by atoms with Gasteiger partial charge in [0.25, 0.3) is 11.6 Å². The first-order chi connectivity index (χ1) is 10.0. The number of hydrogen-bond acceptors (Lipinski definition) is 6. The van der Waals surface area contributed by atoms with Gasteiger partial charge in [-0.2, -0.15) is 0 Å². The van der Waals surface area contributed by atoms with Gasteiger partial charge in [0.05, 0.1) is 17.3 Å². The van der Waals surface area contributed by atoms with Gasteiger partial charge in [-0.25, -0.2) is 9.97 Å². The van der Waals surface area contributed by atoms with Crippen molar-refractivity contribution in [1.82, 2.24) is 9.97 Å². The Morgan fingerprint density at radius 2 is 2.05 bits per heavy atom. The Kier molecular flexibility index (Phi) is 4.07. The quantitative estimate of drug-likeness (QED) is 0.657. The summed E-state index contributed by atoms with van der Waals surface area (Å²) in [5.41, 5.74) is 1.22.